The zero-order chi connectivity index (χ0) is 25.0. The quantitative estimate of drug-likeness (QED) is 0.474. The number of aromatic nitrogens is 3. The van der Waals surface area contributed by atoms with Crippen LogP contribution in [0.4, 0.5) is 10.2 Å². The molecule has 3 aliphatic rings. The lowest BCUT2D eigenvalue weighted by Gasteiger charge is -2.29. The van der Waals surface area contributed by atoms with Gasteiger partial charge in [0.05, 0.1) is 11.2 Å². The number of nitrogens with two attached hydrogens (primary N) is 1. The summed E-state index contributed by atoms with van der Waals surface area (Å²) in [6, 6.07) is 6.84. The maximum atomic E-state index is 13.6. The third-order valence-corrected chi connectivity index (χ3v) is 7.36. The van der Waals surface area contributed by atoms with Gasteiger partial charge in [0.15, 0.2) is 5.82 Å². The van der Waals surface area contributed by atoms with E-state index in [2.05, 4.69) is 20.4 Å². The number of nitrogens with one attached hydrogen (secondary N) is 2. The highest BCUT2D eigenvalue weighted by Crippen LogP contribution is 2.33. The molecule has 2 fully saturated rings. The number of fused-ring (bicyclic) bond motifs is 2. The normalized spacial score (nSPS) is 21.3. The highest BCUT2D eigenvalue weighted by molar-refractivity contribution is 6.05. The number of nitrogens with zero attached hydrogens (tertiary/aromatic N) is 4. The largest absolute Gasteiger partial charge is 0.380 e. The first-order valence-corrected chi connectivity index (χ1v) is 12.1. The van der Waals surface area contributed by atoms with Gasteiger partial charge in [0, 0.05) is 43.7 Å². The maximum Gasteiger partial charge on any atom is 0.255 e. The smallest absolute Gasteiger partial charge is 0.255 e. The Morgan fingerprint density at radius 3 is 2.69 bits per heavy atom. The topological polar surface area (TPSA) is 137 Å². The van der Waals surface area contributed by atoms with Crippen LogP contribution in [0.25, 0.3) is 22.3 Å². The molecule has 11 heteroatoms. The van der Waals surface area contributed by atoms with Crippen molar-refractivity contribution in [1.82, 2.24) is 30.3 Å². The van der Waals surface area contributed by atoms with Gasteiger partial charge in [0.25, 0.3) is 5.91 Å². The number of nitrogen functional groups attached to an aromatic ring is 1. The van der Waals surface area contributed by atoms with Crippen molar-refractivity contribution in [3.05, 3.63) is 41.0 Å². The third kappa shape index (κ3) is 3.89. The number of piperidine rings is 2. The van der Waals surface area contributed by atoms with Crippen molar-refractivity contribution in [1.29, 1.82) is 0 Å². The van der Waals surface area contributed by atoms with Gasteiger partial charge in [0.1, 0.15) is 17.7 Å². The Hall–Kier alpha value is -3.86. The standard InChI is InChI=1S/C25H26FN7O3/c26-16-5-7-32(8-6-16)11-15-10-18(28-22-21(15)30-31-23(22)27)13-1-2-17-14(9-13)12-33(25(17)36)19-3-4-20(34)29-24(19)35/h1-2,9-10,16,19H,3-8,11-12H2,(H3,27,30,31)(H,29,34,35). The molecule has 4 N–H and O–H groups in total. The number of aromatic amines is 1. The molecule has 0 bridgehead atoms. The van der Waals surface area contributed by atoms with Gasteiger partial charge in [-0.2, -0.15) is 5.10 Å². The number of hydrogen-bond acceptors (Lipinski definition) is 7. The number of imide groups is 1. The number of benzene rings is 1. The van der Waals surface area contributed by atoms with E-state index in [1.54, 1.807) is 6.07 Å². The fraction of sp³-hybridized carbons (Fsp3) is 0.400. The number of amides is 3. The molecule has 0 aliphatic carbocycles. The molecule has 5 heterocycles. The highest BCUT2D eigenvalue weighted by Gasteiger charge is 2.39. The van der Waals surface area contributed by atoms with Gasteiger partial charge in [-0.15, -0.1) is 0 Å². The number of carbonyl (C=O) groups is 3. The summed E-state index contributed by atoms with van der Waals surface area (Å²) in [5.41, 5.74) is 11.3. The molecule has 186 valence electrons. The molecule has 36 heavy (non-hydrogen) atoms. The monoisotopic (exact) mass is 491 g/mol. The SMILES string of the molecule is Nc1n[nH]c2c(CN3CCC(F)CC3)cc(-c3ccc4c(c3)CN(C3CCC(=O)NC3=O)C4=O)nc12. The molecule has 6 rings (SSSR count). The van der Waals surface area contributed by atoms with Crippen molar-refractivity contribution < 1.29 is 18.8 Å². The van der Waals surface area contributed by atoms with Crippen LogP contribution in [0.3, 0.4) is 0 Å². The minimum atomic E-state index is -0.745. The number of hydrogen-bond donors (Lipinski definition) is 3. The summed E-state index contributed by atoms with van der Waals surface area (Å²) in [6.07, 6.45) is 0.830. The summed E-state index contributed by atoms with van der Waals surface area (Å²) < 4.78 is 13.6. The number of rotatable bonds is 4. The average molecular weight is 492 g/mol. The molecule has 1 atom stereocenters. The van der Waals surface area contributed by atoms with Crippen LogP contribution in [0.1, 0.15) is 47.2 Å². The van der Waals surface area contributed by atoms with E-state index < -0.39 is 18.1 Å². The van der Waals surface area contributed by atoms with Gasteiger partial charge in [-0.25, -0.2) is 9.37 Å². The van der Waals surface area contributed by atoms with Gasteiger partial charge in [0.2, 0.25) is 11.8 Å². The van der Waals surface area contributed by atoms with E-state index in [-0.39, 0.29) is 24.8 Å². The van der Waals surface area contributed by atoms with E-state index in [0.717, 1.165) is 22.2 Å². The van der Waals surface area contributed by atoms with Crippen LogP contribution in [-0.2, 0) is 22.7 Å². The first-order chi connectivity index (χ1) is 17.4. The van der Waals surface area contributed by atoms with Crippen LogP contribution >= 0.6 is 0 Å². The molecule has 2 saturated heterocycles. The molecule has 0 saturated carbocycles. The minimum Gasteiger partial charge on any atom is -0.380 e. The number of anilines is 1. The zero-order valence-corrected chi connectivity index (χ0v) is 19.6. The maximum absolute atomic E-state index is 13.6. The summed E-state index contributed by atoms with van der Waals surface area (Å²) in [5, 5.41) is 9.44. The van der Waals surface area contributed by atoms with Crippen LogP contribution in [0.15, 0.2) is 24.3 Å². The van der Waals surface area contributed by atoms with Crippen molar-refractivity contribution in [2.75, 3.05) is 18.8 Å². The number of carbonyl (C=O) groups excluding carboxylic acids is 3. The van der Waals surface area contributed by atoms with Gasteiger partial charge >= 0.3 is 0 Å². The Balaban J connectivity index is 1.31. The lowest BCUT2D eigenvalue weighted by molar-refractivity contribution is -0.136. The second-order valence-electron chi connectivity index (χ2n) is 9.72. The predicted octanol–water partition coefficient (Wildman–Crippen LogP) is 1.90. The second kappa shape index (κ2) is 8.66. The molecule has 0 radical (unpaired) electrons. The first-order valence-electron chi connectivity index (χ1n) is 12.1. The van der Waals surface area contributed by atoms with Crippen LogP contribution in [0.2, 0.25) is 0 Å². The Morgan fingerprint density at radius 2 is 1.92 bits per heavy atom. The predicted molar refractivity (Wildman–Crippen MR) is 129 cm³/mol. The first kappa shape index (κ1) is 22.6. The van der Waals surface area contributed by atoms with Gasteiger partial charge in [-0.3, -0.25) is 29.7 Å². The number of alkyl halides is 1. The Morgan fingerprint density at radius 1 is 1.11 bits per heavy atom. The summed E-state index contributed by atoms with van der Waals surface area (Å²) in [7, 11) is 0. The third-order valence-electron chi connectivity index (χ3n) is 7.36. The average Bonchev–Trinajstić information content (AvgIpc) is 3.40. The van der Waals surface area contributed by atoms with Crippen LogP contribution < -0.4 is 11.1 Å². The van der Waals surface area contributed by atoms with Crippen molar-refractivity contribution in [2.45, 2.75) is 51.0 Å². The number of likely N-dealkylation sites (tertiary alicyclic amines) is 1. The van der Waals surface area contributed by atoms with E-state index in [1.165, 1.54) is 4.90 Å². The lowest BCUT2D eigenvalue weighted by atomic mass is 10.0. The van der Waals surface area contributed by atoms with Crippen molar-refractivity contribution >= 4 is 34.6 Å². The lowest BCUT2D eigenvalue weighted by Crippen LogP contribution is -2.52. The van der Waals surface area contributed by atoms with E-state index in [1.807, 2.05) is 18.2 Å². The number of pyridine rings is 1. The molecular formula is C25H26FN7O3. The minimum absolute atomic E-state index is 0.212. The highest BCUT2D eigenvalue weighted by atomic mass is 19.1. The Kier molecular flexibility index (Phi) is 5.44. The summed E-state index contributed by atoms with van der Waals surface area (Å²) in [5.74, 6) is -0.661. The van der Waals surface area contributed by atoms with Crippen molar-refractivity contribution in [3.8, 4) is 11.3 Å². The molecule has 10 nitrogen and oxygen atoms in total. The molecule has 0 spiro atoms. The molecular weight excluding hydrogens is 465 g/mol. The zero-order valence-electron chi connectivity index (χ0n) is 19.6. The molecule has 3 aromatic rings. The Bertz CT molecular complexity index is 1400. The molecule has 3 aliphatic heterocycles. The van der Waals surface area contributed by atoms with Gasteiger partial charge < -0.3 is 10.6 Å². The summed E-state index contributed by atoms with van der Waals surface area (Å²) >= 11 is 0. The fourth-order valence-electron chi connectivity index (χ4n) is 5.38. The van der Waals surface area contributed by atoms with Crippen molar-refractivity contribution in [2.24, 2.45) is 0 Å². The summed E-state index contributed by atoms with van der Waals surface area (Å²) in [4.78, 5) is 45.4. The van der Waals surface area contributed by atoms with E-state index >= 15 is 0 Å². The molecule has 3 amide bonds. The number of H-pyrrole nitrogens is 1. The molecule has 1 aromatic carbocycles. The van der Waals surface area contributed by atoms with Crippen molar-refractivity contribution in [3.63, 3.8) is 0 Å². The van der Waals surface area contributed by atoms with Gasteiger partial charge in [-0.1, -0.05) is 6.07 Å². The van der Waals surface area contributed by atoms with Crippen LogP contribution in [0.5, 0.6) is 0 Å². The van der Waals surface area contributed by atoms with Gasteiger partial charge in [-0.05, 0) is 48.6 Å². The number of halogens is 1. The summed E-state index contributed by atoms with van der Waals surface area (Å²) in [6.45, 7) is 2.27. The van der Waals surface area contributed by atoms with Crippen LogP contribution in [0, 0.1) is 0 Å². The molecule has 1 unspecified atom stereocenters. The van der Waals surface area contributed by atoms with E-state index in [4.69, 9.17) is 10.7 Å². The Labute approximate surface area is 206 Å². The van der Waals surface area contributed by atoms with E-state index in [0.29, 0.717) is 61.5 Å². The van der Waals surface area contributed by atoms with Crippen LogP contribution in [-0.4, -0.2) is 68.0 Å². The second-order valence-corrected chi connectivity index (χ2v) is 9.72. The molecule has 2 aromatic heterocycles. The van der Waals surface area contributed by atoms with E-state index in [9.17, 15) is 18.8 Å². The fourth-order valence-corrected chi connectivity index (χ4v) is 5.38.